The van der Waals surface area contributed by atoms with Crippen LogP contribution in [0.1, 0.15) is 74.6 Å². The highest BCUT2D eigenvalue weighted by atomic mass is 16.2. The van der Waals surface area contributed by atoms with E-state index in [1.54, 1.807) is 18.9 Å². The summed E-state index contributed by atoms with van der Waals surface area (Å²) in [5.74, 6) is -0.701. The molecule has 6 atom stereocenters. The van der Waals surface area contributed by atoms with Gasteiger partial charge in [0.1, 0.15) is 12.1 Å². The fourth-order valence-corrected chi connectivity index (χ4v) is 6.75. The van der Waals surface area contributed by atoms with Crippen LogP contribution in [0.15, 0.2) is 54.6 Å². The minimum absolute atomic E-state index is 0.0719. The Balaban J connectivity index is 1.33. The van der Waals surface area contributed by atoms with Gasteiger partial charge in [0, 0.05) is 12.1 Å². The number of likely N-dealkylation sites (N-methyl/N-ethyl adjacent to an activating group) is 1. The van der Waals surface area contributed by atoms with Crippen LogP contribution < -0.4 is 21.3 Å². The van der Waals surface area contributed by atoms with Crippen LogP contribution in [-0.4, -0.2) is 65.8 Å². The van der Waals surface area contributed by atoms with Crippen molar-refractivity contribution in [3.8, 4) is 0 Å². The van der Waals surface area contributed by atoms with E-state index < -0.39 is 18.1 Å². The van der Waals surface area contributed by atoms with Crippen LogP contribution >= 0.6 is 0 Å². The molecule has 2 aromatic rings. The summed E-state index contributed by atoms with van der Waals surface area (Å²) < 4.78 is 0. The zero-order chi connectivity index (χ0) is 29.6. The molecule has 9 nitrogen and oxygen atoms in total. The van der Waals surface area contributed by atoms with Gasteiger partial charge in [-0.1, -0.05) is 54.6 Å². The lowest BCUT2D eigenvalue weighted by Gasteiger charge is -2.38. The topological polar surface area (TPSA) is 120 Å². The average molecular weight is 574 g/mol. The van der Waals surface area contributed by atoms with Crippen molar-refractivity contribution in [3.63, 3.8) is 0 Å². The molecule has 224 valence electrons. The van der Waals surface area contributed by atoms with Crippen LogP contribution in [-0.2, 0) is 32.0 Å². The SMILES string of the molecule is CN[C@@H](C)C(=O)N[C@H]1CCC(NC(=O)Cc2ccccc2)C[C@H]2CC[C@@H](C(=O)NC3CCCc4ccccc43)N2C1=O. The lowest BCUT2D eigenvalue weighted by Crippen LogP contribution is -2.59. The van der Waals surface area contributed by atoms with Gasteiger partial charge in [-0.2, -0.15) is 0 Å². The molecule has 4 N–H and O–H groups in total. The van der Waals surface area contributed by atoms with Crippen molar-refractivity contribution >= 4 is 23.6 Å². The number of nitrogens with zero attached hydrogens (tertiary/aromatic N) is 1. The number of carbonyl (C=O) groups excluding carboxylic acids is 4. The number of fused-ring (bicyclic) bond motifs is 2. The van der Waals surface area contributed by atoms with Gasteiger partial charge in [-0.15, -0.1) is 0 Å². The van der Waals surface area contributed by atoms with E-state index >= 15 is 0 Å². The van der Waals surface area contributed by atoms with Gasteiger partial charge in [-0.25, -0.2) is 0 Å². The molecule has 4 amide bonds. The Kier molecular flexibility index (Phi) is 9.57. The molecule has 0 spiro atoms. The molecular weight excluding hydrogens is 530 g/mol. The third kappa shape index (κ3) is 6.84. The van der Waals surface area contributed by atoms with Crippen molar-refractivity contribution in [2.75, 3.05) is 7.05 Å². The summed E-state index contributed by atoms with van der Waals surface area (Å²) >= 11 is 0. The Morgan fingerprint density at radius 2 is 1.64 bits per heavy atom. The third-order valence-corrected chi connectivity index (χ3v) is 9.12. The number of benzene rings is 2. The van der Waals surface area contributed by atoms with Gasteiger partial charge in [0.15, 0.2) is 0 Å². The molecular formula is C33H43N5O4. The van der Waals surface area contributed by atoms with E-state index in [-0.39, 0.29) is 48.2 Å². The molecule has 2 unspecified atom stereocenters. The minimum Gasteiger partial charge on any atom is -0.353 e. The highest BCUT2D eigenvalue weighted by Crippen LogP contribution is 2.34. The molecule has 0 bridgehead atoms. The normalized spacial score (nSPS) is 26.2. The maximum absolute atomic E-state index is 14.0. The average Bonchev–Trinajstić information content (AvgIpc) is 3.41. The van der Waals surface area contributed by atoms with Gasteiger partial charge >= 0.3 is 0 Å². The van der Waals surface area contributed by atoms with Gasteiger partial charge in [-0.05, 0) is 82.0 Å². The fourth-order valence-electron chi connectivity index (χ4n) is 6.75. The van der Waals surface area contributed by atoms with Crippen LogP contribution in [0.3, 0.4) is 0 Å². The lowest BCUT2D eigenvalue weighted by molar-refractivity contribution is -0.145. The third-order valence-electron chi connectivity index (χ3n) is 9.12. The van der Waals surface area contributed by atoms with Gasteiger partial charge < -0.3 is 26.2 Å². The van der Waals surface area contributed by atoms with Crippen LogP contribution in [0.4, 0.5) is 0 Å². The summed E-state index contributed by atoms with van der Waals surface area (Å²) in [7, 11) is 1.70. The molecule has 0 aromatic heterocycles. The Labute approximate surface area is 248 Å². The second-order valence-electron chi connectivity index (χ2n) is 12.0. The number of nitrogens with one attached hydrogen (secondary N) is 4. The van der Waals surface area contributed by atoms with Gasteiger partial charge in [-0.3, -0.25) is 19.2 Å². The summed E-state index contributed by atoms with van der Waals surface area (Å²) in [5.41, 5.74) is 3.35. The number of hydrogen-bond donors (Lipinski definition) is 4. The first-order chi connectivity index (χ1) is 20.3. The smallest absolute Gasteiger partial charge is 0.246 e. The quantitative estimate of drug-likeness (QED) is 0.387. The molecule has 2 fully saturated rings. The number of carbonyl (C=O) groups is 4. The molecule has 0 radical (unpaired) electrons. The maximum atomic E-state index is 14.0. The minimum atomic E-state index is -0.770. The Morgan fingerprint density at radius 3 is 2.43 bits per heavy atom. The van der Waals surface area contributed by atoms with Crippen molar-refractivity contribution in [2.45, 2.75) is 101 Å². The molecule has 0 saturated carbocycles. The van der Waals surface area contributed by atoms with Gasteiger partial charge in [0.05, 0.1) is 18.5 Å². The number of hydrogen-bond acceptors (Lipinski definition) is 5. The molecule has 2 saturated heterocycles. The predicted octanol–water partition coefficient (Wildman–Crippen LogP) is 2.54. The summed E-state index contributed by atoms with van der Waals surface area (Å²) in [6.45, 7) is 1.74. The lowest BCUT2D eigenvalue weighted by atomic mass is 9.87. The van der Waals surface area contributed by atoms with Crippen LogP contribution in [0.5, 0.6) is 0 Å². The molecule has 2 aromatic carbocycles. The first-order valence-corrected chi connectivity index (χ1v) is 15.3. The zero-order valence-electron chi connectivity index (χ0n) is 24.6. The molecule has 5 rings (SSSR count). The van der Waals surface area contributed by atoms with Crippen LogP contribution in [0.2, 0.25) is 0 Å². The Hall–Kier alpha value is -3.72. The van der Waals surface area contributed by atoms with Crippen LogP contribution in [0, 0.1) is 0 Å². The van der Waals surface area contributed by atoms with Crippen LogP contribution in [0.25, 0.3) is 0 Å². The Bertz CT molecular complexity index is 1280. The summed E-state index contributed by atoms with van der Waals surface area (Å²) in [5, 5.41) is 12.3. The van der Waals surface area contributed by atoms with Crippen molar-refractivity contribution < 1.29 is 19.2 Å². The Morgan fingerprint density at radius 1 is 0.881 bits per heavy atom. The van der Waals surface area contributed by atoms with E-state index in [4.69, 9.17) is 0 Å². The summed E-state index contributed by atoms with van der Waals surface area (Å²) in [6, 6.07) is 15.5. The summed E-state index contributed by atoms with van der Waals surface area (Å²) in [6.07, 6.45) is 5.88. The van der Waals surface area contributed by atoms with Crippen molar-refractivity contribution in [1.82, 2.24) is 26.2 Å². The highest BCUT2D eigenvalue weighted by molar-refractivity contribution is 5.94. The number of aryl methyl sites for hydroxylation is 1. The number of rotatable bonds is 8. The van der Waals surface area contributed by atoms with E-state index in [9.17, 15) is 19.2 Å². The van der Waals surface area contributed by atoms with E-state index in [2.05, 4.69) is 33.4 Å². The zero-order valence-corrected chi connectivity index (χ0v) is 24.6. The van der Waals surface area contributed by atoms with Crippen molar-refractivity contribution in [1.29, 1.82) is 0 Å². The second kappa shape index (κ2) is 13.5. The van der Waals surface area contributed by atoms with E-state index in [1.165, 1.54) is 5.56 Å². The van der Waals surface area contributed by atoms with Crippen molar-refractivity contribution in [3.05, 3.63) is 71.3 Å². The number of amides is 4. The van der Waals surface area contributed by atoms with Gasteiger partial charge in [0.2, 0.25) is 23.6 Å². The summed E-state index contributed by atoms with van der Waals surface area (Å²) in [4.78, 5) is 55.4. The largest absolute Gasteiger partial charge is 0.353 e. The van der Waals surface area contributed by atoms with E-state index in [1.807, 2.05) is 42.5 Å². The molecule has 1 aliphatic carbocycles. The van der Waals surface area contributed by atoms with Gasteiger partial charge in [0.25, 0.3) is 0 Å². The first-order valence-electron chi connectivity index (χ1n) is 15.3. The molecule has 2 aliphatic heterocycles. The monoisotopic (exact) mass is 573 g/mol. The molecule has 3 aliphatic rings. The van der Waals surface area contributed by atoms with Crippen molar-refractivity contribution in [2.24, 2.45) is 0 Å². The molecule has 2 heterocycles. The standard InChI is InChI=1S/C33H43N5O4/c1-21(34-2)31(40)37-28-17-15-24(35-30(39)19-22-9-4-3-5-10-22)20-25-16-18-29(38(25)33(28)42)32(41)36-27-14-8-12-23-11-6-7-13-26(23)27/h3-7,9-11,13,21,24-25,27-29,34H,8,12,14-20H2,1-2H3,(H,35,39)(H,36,41)(H,37,40)/t21-,24?,25+,27?,28-,29-/m0/s1. The molecule has 42 heavy (non-hydrogen) atoms. The predicted molar refractivity (Wildman–Crippen MR) is 160 cm³/mol. The van der Waals surface area contributed by atoms with E-state index in [0.717, 1.165) is 30.4 Å². The highest BCUT2D eigenvalue weighted by Gasteiger charge is 2.46. The maximum Gasteiger partial charge on any atom is 0.246 e. The second-order valence-corrected chi connectivity index (χ2v) is 12.0. The first kappa shape index (κ1) is 29.8. The van der Waals surface area contributed by atoms with E-state index in [0.29, 0.717) is 32.1 Å². The molecule has 9 heteroatoms. The fraction of sp³-hybridized carbons (Fsp3) is 0.515.